The van der Waals surface area contributed by atoms with Crippen LogP contribution in [0.15, 0.2) is 47.4 Å². The van der Waals surface area contributed by atoms with E-state index in [4.69, 9.17) is 0 Å². The van der Waals surface area contributed by atoms with E-state index in [2.05, 4.69) is 10.3 Å². The predicted octanol–water partition coefficient (Wildman–Crippen LogP) is -5.27. The SMILES string of the molecule is CN1C=CN(/C=C/CN2C=CN(C)C2/C=N/[O-])C1/C=N/[O-].[Cl-].[Cl-]. The van der Waals surface area contributed by atoms with Gasteiger partial charge in [0.05, 0.1) is 0 Å². The molecule has 0 spiro atoms. The smallest absolute Gasteiger partial charge is 0.140 e. The molecular formula is C13H18Cl2N6O2-4. The molecule has 0 saturated carbocycles. The Hall–Kier alpha value is -2.06. The predicted molar refractivity (Wildman–Crippen MR) is 82.8 cm³/mol. The minimum absolute atomic E-state index is 0. The molecule has 0 aliphatic carbocycles. The highest BCUT2D eigenvalue weighted by atomic mass is 35.5. The van der Waals surface area contributed by atoms with E-state index < -0.39 is 0 Å². The quantitative estimate of drug-likeness (QED) is 0.360. The Labute approximate surface area is 148 Å². The van der Waals surface area contributed by atoms with E-state index in [1.165, 1.54) is 12.4 Å². The Balaban J connectivity index is 0.00000242. The molecule has 0 fully saturated rings. The van der Waals surface area contributed by atoms with Gasteiger partial charge in [0.15, 0.2) is 0 Å². The van der Waals surface area contributed by atoms with Crippen LogP contribution in [0.5, 0.6) is 0 Å². The maximum atomic E-state index is 10.4. The van der Waals surface area contributed by atoms with Crippen LogP contribution in [0.3, 0.4) is 0 Å². The van der Waals surface area contributed by atoms with E-state index in [1.807, 2.05) is 70.8 Å². The molecule has 2 atom stereocenters. The molecule has 23 heavy (non-hydrogen) atoms. The summed E-state index contributed by atoms with van der Waals surface area (Å²) < 4.78 is 0. The van der Waals surface area contributed by atoms with E-state index in [-0.39, 0.29) is 37.1 Å². The van der Waals surface area contributed by atoms with Crippen molar-refractivity contribution >= 4 is 12.4 Å². The summed E-state index contributed by atoms with van der Waals surface area (Å²) >= 11 is 0. The molecule has 0 aromatic rings. The number of hydrogen-bond acceptors (Lipinski definition) is 8. The van der Waals surface area contributed by atoms with Crippen molar-refractivity contribution in [1.29, 1.82) is 0 Å². The molecule has 130 valence electrons. The van der Waals surface area contributed by atoms with Gasteiger partial charge in [-0.3, -0.25) is 0 Å². The Bertz CT molecular complexity index is 497. The maximum absolute atomic E-state index is 10.4. The number of rotatable bonds is 5. The fraction of sp³-hybridized carbons (Fsp3) is 0.385. The molecule has 0 aromatic carbocycles. The summed E-state index contributed by atoms with van der Waals surface area (Å²) in [5.74, 6) is 0. The molecule has 0 N–H and O–H groups in total. The molecule has 2 heterocycles. The summed E-state index contributed by atoms with van der Waals surface area (Å²) in [6.45, 7) is 0.618. The summed E-state index contributed by atoms with van der Waals surface area (Å²) in [5, 5.41) is 26.5. The molecule has 2 aliphatic rings. The summed E-state index contributed by atoms with van der Waals surface area (Å²) in [7, 11) is 3.75. The van der Waals surface area contributed by atoms with Gasteiger partial charge in [-0.25, -0.2) is 0 Å². The van der Waals surface area contributed by atoms with Crippen LogP contribution in [0, 0.1) is 10.4 Å². The van der Waals surface area contributed by atoms with Gasteiger partial charge >= 0.3 is 0 Å². The molecule has 0 aromatic heterocycles. The highest BCUT2D eigenvalue weighted by molar-refractivity contribution is 5.66. The molecule has 10 heteroatoms. The van der Waals surface area contributed by atoms with E-state index in [0.717, 1.165) is 0 Å². The largest absolute Gasteiger partial charge is 1.00 e. The highest BCUT2D eigenvalue weighted by Gasteiger charge is 2.21. The number of nitrogens with zero attached hydrogens (tertiary/aromatic N) is 6. The van der Waals surface area contributed by atoms with E-state index in [1.54, 1.807) is 0 Å². The van der Waals surface area contributed by atoms with Gasteiger partial charge in [-0.2, -0.15) is 0 Å². The average Bonchev–Trinajstić information content (AvgIpc) is 2.98. The second kappa shape index (κ2) is 9.86. The molecular weight excluding hydrogens is 343 g/mol. The van der Waals surface area contributed by atoms with Gasteiger partial charge in [-0.05, 0) is 6.08 Å². The van der Waals surface area contributed by atoms with Crippen molar-refractivity contribution in [3.05, 3.63) is 47.5 Å². The van der Waals surface area contributed by atoms with Crippen LogP contribution < -0.4 is 24.8 Å². The second-order valence-electron chi connectivity index (χ2n) is 4.79. The van der Waals surface area contributed by atoms with Crippen molar-refractivity contribution in [2.75, 3.05) is 20.6 Å². The summed E-state index contributed by atoms with van der Waals surface area (Å²) in [6.07, 6.45) is 13.7. The van der Waals surface area contributed by atoms with Crippen LogP contribution in [0.4, 0.5) is 0 Å². The monoisotopic (exact) mass is 360 g/mol. The van der Waals surface area contributed by atoms with Gasteiger partial charge < -0.3 is 65.1 Å². The van der Waals surface area contributed by atoms with Gasteiger partial charge in [0.1, 0.15) is 12.3 Å². The summed E-state index contributed by atoms with van der Waals surface area (Å²) in [6, 6.07) is 0. The fourth-order valence-corrected chi connectivity index (χ4v) is 2.25. The lowest BCUT2D eigenvalue weighted by Crippen LogP contribution is -3.00. The third-order valence-electron chi connectivity index (χ3n) is 3.43. The first-order chi connectivity index (χ1) is 10.2. The zero-order chi connectivity index (χ0) is 15.2. The topological polar surface area (TPSA) is 83.8 Å². The van der Waals surface area contributed by atoms with Gasteiger partial charge in [-0.1, -0.05) is 0 Å². The standard InChI is InChI=1S/C13H20N6O2.2ClH/c1-16-6-8-18(12(16)10-14-20)4-3-5-19-9-7-17(2)13(19)11-15-21;;/h3-4,6-13,20-21H,5H2,1-2H3;2*1H/p-4/b4-3+,14-10+,15-11+;;. The van der Waals surface area contributed by atoms with Gasteiger partial charge in [0.25, 0.3) is 0 Å². The normalized spacial score (nSPS) is 23.6. The van der Waals surface area contributed by atoms with Gasteiger partial charge in [-0.15, -0.1) is 0 Å². The summed E-state index contributed by atoms with van der Waals surface area (Å²) in [4.78, 5) is 7.62. The van der Waals surface area contributed by atoms with Crippen LogP contribution in [0.1, 0.15) is 0 Å². The Morgan fingerprint density at radius 3 is 2.13 bits per heavy atom. The first-order valence-electron chi connectivity index (χ1n) is 6.49. The zero-order valence-electron chi connectivity index (χ0n) is 12.7. The van der Waals surface area contributed by atoms with Crippen molar-refractivity contribution in [3.63, 3.8) is 0 Å². The Morgan fingerprint density at radius 2 is 1.48 bits per heavy atom. The van der Waals surface area contributed by atoms with Crippen LogP contribution in [-0.4, -0.2) is 65.0 Å². The van der Waals surface area contributed by atoms with Crippen molar-refractivity contribution in [1.82, 2.24) is 19.6 Å². The third kappa shape index (κ3) is 4.97. The highest BCUT2D eigenvalue weighted by Crippen LogP contribution is 2.14. The zero-order valence-corrected chi connectivity index (χ0v) is 14.2. The van der Waals surface area contributed by atoms with Crippen LogP contribution >= 0.6 is 0 Å². The van der Waals surface area contributed by atoms with Gasteiger partial charge in [0, 0.05) is 64.1 Å². The minimum Gasteiger partial charge on any atom is -1.00 e. The van der Waals surface area contributed by atoms with Crippen LogP contribution in [-0.2, 0) is 0 Å². The van der Waals surface area contributed by atoms with Crippen LogP contribution in [0.2, 0.25) is 0 Å². The maximum Gasteiger partial charge on any atom is 0.140 e. The van der Waals surface area contributed by atoms with E-state index in [0.29, 0.717) is 6.54 Å². The van der Waals surface area contributed by atoms with Crippen molar-refractivity contribution < 1.29 is 24.8 Å². The van der Waals surface area contributed by atoms with E-state index >= 15 is 0 Å². The molecule has 0 amide bonds. The lowest BCUT2D eigenvalue weighted by molar-refractivity contribution is -0.001000. The molecule has 8 nitrogen and oxygen atoms in total. The lowest BCUT2D eigenvalue weighted by atomic mass is 10.4. The van der Waals surface area contributed by atoms with Crippen molar-refractivity contribution in [2.45, 2.75) is 12.3 Å². The fourth-order valence-electron chi connectivity index (χ4n) is 2.25. The number of hydrogen-bond donors (Lipinski definition) is 0. The molecule has 2 aliphatic heterocycles. The number of halogens is 2. The summed E-state index contributed by atoms with van der Waals surface area (Å²) in [5.41, 5.74) is 0. The van der Waals surface area contributed by atoms with Gasteiger partial charge in [0.2, 0.25) is 0 Å². The Morgan fingerprint density at radius 1 is 0.913 bits per heavy atom. The van der Waals surface area contributed by atoms with E-state index in [9.17, 15) is 10.4 Å². The minimum atomic E-state index is -0.199. The average molecular weight is 361 g/mol. The van der Waals surface area contributed by atoms with Crippen molar-refractivity contribution in [2.24, 2.45) is 10.3 Å². The third-order valence-corrected chi connectivity index (χ3v) is 3.43. The first-order valence-corrected chi connectivity index (χ1v) is 6.49. The van der Waals surface area contributed by atoms with Crippen LogP contribution in [0.25, 0.3) is 0 Å². The lowest BCUT2D eigenvalue weighted by Gasteiger charge is -2.27. The molecule has 0 bridgehead atoms. The van der Waals surface area contributed by atoms with Crippen molar-refractivity contribution in [3.8, 4) is 0 Å². The Kier molecular flexibility index (Phi) is 8.97. The molecule has 0 radical (unpaired) electrons. The molecule has 2 unspecified atom stereocenters. The molecule has 0 saturated heterocycles. The molecule has 2 rings (SSSR count). The second-order valence-corrected chi connectivity index (χ2v) is 4.79. The first kappa shape index (κ1) is 20.9.